The Kier molecular flexibility index (Phi) is 5.15. The molecule has 0 spiro atoms. The minimum absolute atomic E-state index is 0.233. The minimum atomic E-state index is -0.425. The highest BCUT2D eigenvalue weighted by Gasteiger charge is 2.00. The van der Waals surface area contributed by atoms with Gasteiger partial charge in [0.05, 0.1) is 12.1 Å². The van der Waals surface area contributed by atoms with Gasteiger partial charge in [0.25, 0.3) is 0 Å². The highest BCUT2D eigenvalue weighted by Crippen LogP contribution is 2.27. The molecule has 0 aliphatic heterocycles. The summed E-state index contributed by atoms with van der Waals surface area (Å²) in [4.78, 5) is 10.7. The number of carbonyl (C=O) groups is 1. The Morgan fingerprint density at radius 1 is 1.44 bits per heavy atom. The summed E-state index contributed by atoms with van der Waals surface area (Å²) in [6, 6.07) is 4.92. The second-order valence-electron chi connectivity index (χ2n) is 2.81. The zero-order valence-electron chi connectivity index (χ0n) is 8.57. The molecule has 0 heterocycles. The van der Waals surface area contributed by atoms with Crippen molar-refractivity contribution < 1.29 is 14.3 Å². The number of esters is 1. The molecule has 1 aromatic carbocycles. The summed E-state index contributed by atoms with van der Waals surface area (Å²) in [5.41, 5.74) is 0. The van der Waals surface area contributed by atoms with Gasteiger partial charge in [0.1, 0.15) is 12.4 Å². The molecule has 86 valence electrons. The molecule has 3 nitrogen and oxygen atoms in total. The summed E-state index contributed by atoms with van der Waals surface area (Å²) in [6.07, 6.45) is 2.82. The van der Waals surface area contributed by atoms with E-state index in [0.717, 1.165) is 0 Å². The highest BCUT2D eigenvalue weighted by atomic mass is 35.5. The van der Waals surface area contributed by atoms with Crippen LogP contribution in [-0.2, 0) is 9.53 Å². The van der Waals surface area contributed by atoms with Gasteiger partial charge in [-0.25, -0.2) is 4.79 Å². The molecule has 0 aliphatic rings. The lowest BCUT2D eigenvalue weighted by molar-refractivity contribution is -0.134. The third kappa shape index (κ3) is 4.13. The molecule has 0 radical (unpaired) electrons. The molecule has 0 atom stereocenters. The van der Waals surface area contributed by atoms with Crippen LogP contribution in [0.4, 0.5) is 0 Å². The Morgan fingerprint density at radius 3 is 2.81 bits per heavy atom. The van der Waals surface area contributed by atoms with Crippen molar-refractivity contribution in [1.29, 1.82) is 0 Å². The lowest BCUT2D eigenvalue weighted by Crippen LogP contribution is -1.98. The number of benzene rings is 1. The van der Waals surface area contributed by atoms with Crippen LogP contribution >= 0.6 is 23.2 Å². The number of hydrogen-bond donors (Lipinski definition) is 0. The quantitative estimate of drug-likeness (QED) is 0.617. The molecule has 0 N–H and O–H groups in total. The van der Waals surface area contributed by atoms with Gasteiger partial charge in [-0.2, -0.15) is 0 Å². The maximum atomic E-state index is 10.7. The maximum Gasteiger partial charge on any atom is 0.330 e. The highest BCUT2D eigenvalue weighted by molar-refractivity contribution is 6.35. The first-order chi connectivity index (χ1) is 7.63. The van der Waals surface area contributed by atoms with Gasteiger partial charge < -0.3 is 9.47 Å². The Hall–Kier alpha value is -1.19. The monoisotopic (exact) mass is 260 g/mol. The van der Waals surface area contributed by atoms with E-state index in [4.69, 9.17) is 27.9 Å². The van der Waals surface area contributed by atoms with E-state index in [1.807, 2.05) is 0 Å². The first-order valence-corrected chi connectivity index (χ1v) is 5.21. The first-order valence-electron chi connectivity index (χ1n) is 4.46. The largest absolute Gasteiger partial charge is 0.488 e. The molecular weight excluding hydrogens is 251 g/mol. The molecule has 0 aliphatic carbocycles. The number of halogens is 2. The van der Waals surface area contributed by atoms with Crippen LogP contribution in [0.5, 0.6) is 5.75 Å². The van der Waals surface area contributed by atoms with Crippen molar-refractivity contribution in [2.75, 3.05) is 13.7 Å². The third-order valence-corrected chi connectivity index (χ3v) is 2.21. The summed E-state index contributed by atoms with van der Waals surface area (Å²) in [5.74, 6) is 0.0892. The first kappa shape index (κ1) is 12.9. The summed E-state index contributed by atoms with van der Waals surface area (Å²) in [5, 5.41) is 0.974. The van der Waals surface area contributed by atoms with E-state index >= 15 is 0 Å². The molecular formula is C11H10Cl2O3. The van der Waals surface area contributed by atoms with Gasteiger partial charge in [-0.1, -0.05) is 23.2 Å². The van der Waals surface area contributed by atoms with Crippen molar-refractivity contribution in [1.82, 2.24) is 0 Å². The molecule has 0 amide bonds. The van der Waals surface area contributed by atoms with Crippen molar-refractivity contribution in [3.8, 4) is 5.75 Å². The van der Waals surface area contributed by atoms with Crippen LogP contribution in [0.1, 0.15) is 0 Å². The van der Waals surface area contributed by atoms with E-state index in [2.05, 4.69) is 4.74 Å². The van der Waals surface area contributed by atoms with E-state index < -0.39 is 5.97 Å². The average Bonchev–Trinajstić information content (AvgIpc) is 2.26. The van der Waals surface area contributed by atoms with Gasteiger partial charge in [-0.15, -0.1) is 0 Å². The third-order valence-electron chi connectivity index (χ3n) is 1.68. The van der Waals surface area contributed by atoms with Gasteiger partial charge in [-0.05, 0) is 24.3 Å². The summed E-state index contributed by atoms with van der Waals surface area (Å²) < 4.78 is 9.72. The van der Waals surface area contributed by atoms with Crippen LogP contribution in [0.15, 0.2) is 30.4 Å². The van der Waals surface area contributed by atoms with Crippen molar-refractivity contribution >= 4 is 29.2 Å². The smallest absolute Gasteiger partial charge is 0.330 e. The summed E-state index contributed by atoms with van der Waals surface area (Å²) in [6.45, 7) is 0.233. The van der Waals surface area contributed by atoms with Crippen LogP contribution < -0.4 is 4.74 Å². The fraction of sp³-hybridized carbons (Fsp3) is 0.182. The van der Waals surface area contributed by atoms with Gasteiger partial charge in [0.15, 0.2) is 0 Å². The van der Waals surface area contributed by atoms with Crippen LogP contribution in [0.2, 0.25) is 10.0 Å². The lowest BCUT2D eigenvalue weighted by atomic mass is 10.3. The Bertz CT molecular complexity index is 402. The summed E-state index contributed by atoms with van der Waals surface area (Å²) in [7, 11) is 1.31. The second-order valence-corrected chi connectivity index (χ2v) is 3.65. The van der Waals surface area contributed by atoms with Gasteiger partial charge in [0.2, 0.25) is 0 Å². The van der Waals surface area contributed by atoms with Gasteiger partial charge >= 0.3 is 5.97 Å². The lowest BCUT2D eigenvalue weighted by Gasteiger charge is -2.05. The van der Waals surface area contributed by atoms with Crippen molar-refractivity contribution in [2.45, 2.75) is 0 Å². The van der Waals surface area contributed by atoms with Crippen LogP contribution in [0, 0.1) is 0 Å². The molecule has 16 heavy (non-hydrogen) atoms. The summed E-state index contributed by atoms with van der Waals surface area (Å²) >= 11 is 11.6. The number of hydrogen-bond acceptors (Lipinski definition) is 3. The Balaban J connectivity index is 2.49. The fourth-order valence-electron chi connectivity index (χ4n) is 0.943. The van der Waals surface area contributed by atoms with Gasteiger partial charge in [-0.3, -0.25) is 0 Å². The number of ether oxygens (including phenoxy) is 2. The molecule has 0 fully saturated rings. The number of carbonyl (C=O) groups excluding carboxylic acids is 1. The van der Waals surface area contributed by atoms with E-state index in [1.54, 1.807) is 18.2 Å². The maximum absolute atomic E-state index is 10.7. The average molecular weight is 261 g/mol. The predicted molar refractivity (Wildman–Crippen MR) is 63.1 cm³/mol. The van der Waals surface area contributed by atoms with Crippen molar-refractivity contribution in [2.24, 2.45) is 0 Å². The molecule has 5 heteroatoms. The van der Waals surface area contributed by atoms with E-state index in [1.165, 1.54) is 19.3 Å². The molecule has 0 bridgehead atoms. The number of rotatable bonds is 4. The van der Waals surface area contributed by atoms with Crippen LogP contribution in [0.25, 0.3) is 0 Å². The SMILES string of the molecule is COC(=O)/C=C/COc1ccc(Cl)cc1Cl. The van der Waals surface area contributed by atoms with E-state index in [-0.39, 0.29) is 6.61 Å². The molecule has 0 saturated carbocycles. The molecule has 1 aromatic rings. The zero-order valence-corrected chi connectivity index (χ0v) is 10.1. The zero-order chi connectivity index (χ0) is 12.0. The van der Waals surface area contributed by atoms with Crippen LogP contribution in [-0.4, -0.2) is 19.7 Å². The van der Waals surface area contributed by atoms with Crippen molar-refractivity contribution in [3.63, 3.8) is 0 Å². The topological polar surface area (TPSA) is 35.5 Å². The predicted octanol–water partition coefficient (Wildman–Crippen LogP) is 3.10. The van der Waals surface area contributed by atoms with E-state index in [0.29, 0.717) is 15.8 Å². The molecule has 0 unspecified atom stereocenters. The minimum Gasteiger partial charge on any atom is -0.488 e. The van der Waals surface area contributed by atoms with Gasteiger partial charge in [0, 0.05) is 11.1 Å². The Morgan fingerprint density at radius 2 is 2.19 bits per heavy atom. The second kappa shape index (κ2) is 6.40. The Labute approximate surface area is 104 Å². The molecule has 0 saturated heterocycles. The number of methoxy groups -OCH3 is 1. The molecule has 1 rings (SSSR count). The van der Waals surface area contributed by atoms with Crippen LogP contribution in [0.3, 0.4) is 0 Å². The van der Waals surface area contributed by atoms with E-state index in [9.17, 15) is 4.79 Å². The fourth-order valence-corrected chi connectivity index (χ4v) is 1.41. The normalized spacial score (nSPS) is 10.4. The van der Waals surface area contributed by atoms with Crippen molar-refractivity contribution in [3.05, 3.63) is 40.4 Å². The standard InChI is InChI=1S/C11H10Cl2O3/c1-15-11(14)3-2-6-16-10-5-4-8(12)7-9(10)13/h2-5,7H,6H2,1H3/b3-2+. The molecule has 0 aromatic heterocycles.